The van der Waals surface area contributed by atoms with Gasteiger partial charge in [-0.1, -0.05) is 23.8 Å². The molecule has 110 valence electrons. The molecule has 1 aliphatic rings. The second kappa shape index (κ2) is 5.94. The molecule has 1 N–H and O–H groups in total. The summed E-state index contributed by atoms with van der Waals surface area (Å²) in [7, 11) is 1.91. The fraction of sp³-hybridized carbons (Fsp3) is 0.389. The number of likely N-dealkylation sites (N-methyl/N-ethyl adjacent to an activating group) is 1. The number of fused-ring (bicyclic) bond motifs is 1. The Labute approximate surface area is 125 Å². The summed E-state index contributed by atoms with van der Waals surface area (Å²) < 4.78 is 14.3. The van der Waals surface area contributed by atoms with Crippen LogP contribution in [-0.2, 0) is 6.42 Å². The van der Waals surface area contributed by atoms with Gasteiger partial charge in [0.2, 0.25) is 0 Å². The molecule has 2 aromatic rings. The molecule has 0 spiro atoms. The molecule has 0 bridgehead atoms. The van der Waals surface area contributed by atoms with Gasteiger partial charge in [-0.2, -0.15) is 0 Å². The van der Waals surface area contributed by atoms with Crippen LogP contribution in [0.3, 0.4) is 0 Å². The molecule has 0 aliphatic heterocycles. The van der Waals surface area contributed by atoms with Crippen LogP contribution in [0.5, 0.6) is 0 Å². The number of aromatic nitrogens is 1. The second-order valence-corrected chi connectivity index (χ2v) is 5.84. The number of halogens is 1. The van der Waals surface area contributed by atoms with Crippen LogP contribution in [0, 0.1) is 12.7 Å². The van der Waals surface area contributed by atoms with E-state index in [0.29, 0.717) is 0 Å². The number of hydrogen-bond donors (Lipinski definition) is 1. The van der Waals surface area contributed by atoms with Crippen molar-refractivity contribution in [3.8, 4) is 0 Å². The van der Waals surface area contributed by atoms with E-state index >= 15 is 0 Å². The minimum Gasteiger partial charge on any atom is -0.312 e. The van der Waals surface area contributed by atoms with Gasteiger partial charge >= 0.3 is 0 Å². The van der Waals surface area contributed by atoms with Gasteiger partial charge in [-0.15, -0.1) is 0 Å². The quantitative estimate of drug-likeness (QED) is 0.924. The Morgan fingerprint density at radius 1 is 1.33 bits per heavy atom. The molecule has 0 saturated carbocycles. The zero-order valence-electron chi connectivity index (χ0n) is 12.6. The van der Waals surface area contributed by atoms with Crippen LogP contribution < -0.4 is 5.32 Å². The maximum Gasteiger partial charge on any atom is 0.128 e. The summed E-state index contributed by atoms with van der Waals surface area (Å²) in [6.07, 6.45) is 5.10. The number of pyridine rings is 1. The third-order valence-corrected chi connectivity index (χ3v) is 4.44. The second-order valence-electron chi connectivity index (χ2n) is 5.84. The normalized spacial score (nSPS) is 19.1. The van der Waals surface area contributed by atoms with Gasteiger partial charge in [-0.3, -0.25) is 4.98 Å². The van der Waals surface area contributed by atoms with E-state index in [1.54, 1.807) is 6.07 Å². The SMILES string of the molecule is CNC(c1cc(C)ccc1F)C1CCCc2cccnc21. The van der Waals surface area contributed by atoms with Crippen molar-refractivity contribution < 1.29 is 4.39 Å². The van der Waals surface area contributed by atoms with E-state index in [9.17, 15) is 4.39 Å². The van der Waals surface area contributed by atoms with E-state index in [-0.39, 0.29) is 17.8 Å². The van der Waals surface area contributed by atoms with Gasteiger partial charge in [0, 0.05) is 29.4 Å². The fourth-order valence-electron chi connectivity index (χ4n) is 3.44. The lowest BCUT2D eigenvalue weighted by atomic mass is 9.79. The minimum absolute atomic E-state index is 0.0288. The van der Waals surface area contributed by atoms with E-state index in [2.05, 4.69) is 16.4 Å². The number of benzene rings is 1. The summed E-state index contributed by atoms with van der Waals surface area (Å²) in [6, 6.07) is 9.44. The first-order chi connectivity index (χ1) is 10.2. The van der Waals surface area contributed by atoms with Crippen LogP contribution in [0.4, 0.5) is 4.39 Å². The molecule has 2 nitrogen and oxygen atoms in total. The Morgan fingerprint density at radius 3 is 3.00 bits per heavy atom. The maximum atomic E-state index is 14.3. The molecule has 21 heavy (non-hydrogen) atoms. The topological polar surface area (TPSA) is 24.9 Å². The number of rotatable bonds is 3. The van der Waals surface area contributed by atoms with Crippen LogP contribution in [0.25, 0.3) is 0 Å². The smallest absolute Gasteiger partial charge is 0.128 e. The van der Waals surface area contributed by atoms with E-state index in [4.69, 9.17) is 0 Å². The van der Waals surface area contributed by atoms with E-state index in [0.717, 1.165) is 36.1 Å². The zero-order chi connectivity index (χ0) is 14.8. The van der Waals surface area contributed by atoms with Crippen molar-refractivity contribution in [1.29, 1.82) is 0 Å². The van der Waals surface area contributed by atoms with Crippen LogP contribution in [0.1, 0.15) is 47.2 Å². The third kappa shape index (κ3) is 2.70. The molecule has 1 aromatic heterocycles. The number of aryl methyl sites for hydroxylation is 2. The molecule has 1 aliphatic carbocycles. The van der Waals surface area contributed by atoms with Gasteiger partial charge in [0.1, 0.15) is 5.82 Å². The lowest BCUT2D eigenvalue weighted by molar-refractivity contribution is 0.403. The Hall–Kier alpha value is -1.74. The van der Waals surface area contributed by atoms with Crippen LogP contribution in [-0.4, -0.2) is 12.0 Å². The van der Waals surface area contributed by atoms with Gasteiger partial charge in [-0.05, 0) is 50.9 Å². The monoisotopic (exact) mass is 284 g/mol. The first kappa shape index (κ1) is 14.2. The zero-order valence-corrected chi connectivity index (χ0v) is 12.6. The van der Waals surface area contributed by atoms with Gasteiger partial charge in [0.05, 0.1) is 0 Å². The molecule has 2 atom stereocenters. The highest BCUT2D eigenvalue weighted by atomic mass is 19.1. The molecule has 0 fully saturated rings. The average molecular weight is 284 g/mol. The maximum absolute atomic E-state index is 14.3. The van der Waals surface area contributed by atoms with E-state index in [1.807, 2.05) is 38.4 Å². The molecular formula is C18H21FN2. The van der Waals surface area contributed by atoms with Crippen molar-refractivity contribution in [2.45, 2.75) is 38.1 Å². The standard InChI is InChI=1S/C18H21FN2/c1-12-8-9-16(19)15(11-12)18(20-2)14-7-3-5-13-6-4-10-21-17(13)14/h4,6,8-11,14,18,20H,3,5,7H2,1-2H3. The van der Waals surface area contributed by atoms with Crippen LogP contribution >= 0.6 is 0 Å². The highest BCUT2D eigenvalue weighted by Gasteiger charge is 2.30. The number of nitrogens with one attached hydrogen (secondary N) is 1. The fourth-order valence-corrected chi connectivity index (χ4v) is 3.44. The first-order valence-corrected chi connectivity index (χ1v) is 7.58. The van der Waals surface area contributed by atoms with Crippen molar-refractivity contribution in [3.63, 3.8) is 0 Å². The van der Waals surface area contributed by atoms with Crippen molar-refractivity contribution in [1.82, 2.24) is 10.3 Å². The van der Waals surface area contributed by atoms with Crippen molar-refractivity contribution in [2.24, 2.45) is 0 Å². The van der Waals surface area contributed by atoms with Crippen molar-refractivity contribution in [3.05, 3.63) is 64.7 Å². The summed E-state index contributed by atoms with van der Waals surface area (Å²) in [6.45, 7) is 2.00. The lowest BCUT2D eigenvalue weighted by Crippen LogP contribution is -2.28. The molecule has 3 rings (SSSR count). The molecule has 1 aromatic carbocycles. The molecule has 3 heteroatoms. The highest BCUT2D eigenvalue weighted by molar-refractivity contribution is 5.33. The summed E-state index contributed by atoms with van der Waals surface area (Å²) >= 11 is 0. The summed E-state index contributed by atoms with van der Waals surface area (Å²) in [5, 5.41) is 3.32. The number of hydrogen-bond acceptors (Lipinski definition) is 2. The minimum atomic E-state index is -0.136. The van der Waals surface area contributed by atoms with Gasteiger partial charge in [-0.25, -0.2) is 4.39 Å². The van der Waals surface area contributed by atoms with E-state index < -0.39 is 0 Å². The third-order valence-electron chi connectivity index (χ3n) is 4.44. The Balaban J connectivity index is 2.03. The van der Waals surface area contributed by atoms with Crippen LogP contribution in [0.15, 0.2) is 36.5 Å². The largest absolute Gasteiger partial charge is 0.312 e. The van der Waals surface area contributed by atoms with Gasteiger partial charge < -0.3 is 5.32 Å². The summed E-state index contributed by atoms with van der Waals surface area (Å²) in [5.41, 5.74) is 4.27. The molecule has 0 saturated heterocycles. The molecule has 1 heterocycles. The molecule has 2 unspecified atom stereocenters. The van der Waals surface area contributed by atoms with Crippen molar-refractivity contribution in [2.75, 3.05) is 7.05 Å². The highest BCUT2D eigenvalue weighted by Crippen LogP contribution is 2.39. The molecule has 0 radical (unpaired) electrons. The van der Waals surface area contributed by atoms with E-state index in [1.165, 1.54) is 5.56 Å². The summed E-state index contributed by atoms with van der Waals surface area (Å²) in [5.74, 6) is 0.0965. The average Bonchev–Trinajstić information content (AvgIpc) is 2.51. The predicted molar refractivity (Wildman–Crippen MR) is 82.9 cm³/mol. The van der Waals surface area contributed by atoms with Gasteiger partial charge in [0.25, 0.3) is 0 Å². The predicted octanol–water partition coefficient (Wildman–Crippen LogP) is 3.91. The van der Waals surface area contributed by atoms with Gasteiger partial charge in [0.15, 0.2) is 0 Å². The summed E-state index contributed by atoms with van der Waals surface area (Å²) in [4.78, 5) is 4.58. The first-order valence-electron chi connectivity index (χ1n) is 7.58. The Kier molecular flexibility index (Phi) is 4.02. The molecular weight excluding hydrogens is 263 g/mol. The van der Waals surface area contributed by atoms with Crippen LogP contribution in [0.2, 0.25) is 0 Å². The Morgan fingerprint density at radius 2 is 2.19 bits per heavy atom. The number of nitrogens with zero attached hydrogens (tertiary/aromatic N) is 1. The molecule has 0 amide bonds. The Bertz CT molecular complexity index is 639. The lowest BCUT2D eigenvalue weighted by Gasteiger charge is -2.32. The van der Waals surface area contributed by atoms with Crippen molar-refractivity contribution >= 4 is 0 Å².